The van der Waals surface area contributed by atoms with Crippen molar-refractivity contribution >= 4 is 15.9 Å². The van der Waals surface area contributed by atoms with Gasteiger partial charge >= 0.3 is 0 Å². The third-order valence-corrected chi connectivity index (χ3v) is 5.01. The highest BCUT2D eigenvalue weighted by molar-refractivity contribution is 9.10. The predicted octanol–water partition coefficient (Wildman–Crippen LogP) is 3.99. The average Bonchev–Trinajstić information content (AvgIpc) is 2.88. The van der Waals surface area contributed by atoms with E-state index in [2.05, 4.69) is 41.8 Å². The molecule has 0 amide bonds. The van der Waals surface area contributed by atoms with E-state index in [1.165, 1.54) is 5.69 Å². The number of rotatable bonds is 5. The van der Waals surface area contributed by atoms with Crippen molar-refractivity contribution in [3.8, 4) is 0 Å². The van der Waals surface area contributed by atoms with Gasteiger partial charge in [-0.1, -0.05) is 6.92 Å². The van der Waals surface area contributed by atoms with Crippen molar-refractivity contribution in [2.75, 3.05) is 0 Å². The molecule has 116 valence electrons. The summed E-state index contributed by atoms with van der Waals surface area (Å²) in [5.74, 6) is 1.88. The van der Waals surface area contributed by atoms with Gasteiger partial charge in [0.15, 0.2) is 0 Å². The molecule has 0 aliphatic carbocycles. The smallest absolute Gasteiger partial charge is 0.106 e. The van der Waals surface area contributed by atoms with Gasteiger partial charge in [0.25, 0.3) is 0 Å². The van der Waals surface area contributed by atoms with Gasteiger partial charge in [-0.2, -0.15) is 5.10 Å². The zero-order valence-corrected chi connectivity index (χ0v) is 15.0. The van der Waals surface area contributed by atoms with Gasteiger partial charge in [-0.15, -0.1) is 0 Å². The Morgan fingerprint density at radius 1 is 1.24 bits per heavy atom. The first kappa shape index (κ1) is 16.3. The number of hydrogen-bond donors (Lipinski definition) is 1. The lowest BCUT2D eigenvalue weighted by Crippen LogP contribution is -2.17. The molecule has 0 aromatic carbocycles. The first-order valence-corrected chi connectivity index (χ1v) is 8.26. The van der Waals surface area contributed by atoms with Crippen LogP contribution in [-0.4, -0.2) is 9.78 Å². The molecule has 2 aromatic heterocycles. The lowest BCUT2D eigenvalue weighted by molar-refractivity contribution is 0.494. The maximum absolute atomic E-state index is 6.46. The van der Waals surface area contributed by atoms with Crippen molar-refractivity contribution < 1.29 is 4.42 Å². The van der Waals surface area contributed by atoms with E-state index < -0.39 is 0 Å². The molecule has 2 N–H and O–H groups in total. The van der Waals surface area contributed by atoms with Crippen LogP contribution >= 0.6 is 15.9 Å². The second kappa shape index (κ2) is 6.36. The number of nitrogens with two attached hydrogens (primary N) is 1. The van der Waals surface area contributed by atoms with Crippen molar-refractivity contribution in [2.45, 2.75) is 60.0 Å². The number of halogens is 1. The Morgan fingerprint density at radius 2 is 1.90 bits per heavy atom. The fraction of sp³-hybridized carbons (Fsp3) is 0.562. The van der Waals surface area contributed by atoms with E-state index in [1.54, 1.807) is 0 Å². The van der Waals surface area contributed by atoms with E-state index in [1.807, 2.05) is 18.5 Å². The predicted molar refractivity (Wildman–Crippen MR) is 88.5 cm³/mol. The molecule has 0 aliphatic heterocycles. The summed E-state index contributed by atoms with van der Waals surface area (Å²) in [5, 5.41) is 4.63. The standard InChI is InChI=1S/C16H24BrN3O/c1-6-13-16(17)14(20(7-2)19-13)8-12(18)15-9(3)10(4)21-11(15)5/h12H,6-8,18H2,1-5H3. The molecule has 0 saturated heterocycles. The first-order chi connectivity index (χ1) is 9.90. The summed E-state index contributed by atoms with van der Waals surface area (Å²) >= 11 is 3.68. The molecule has 0 fully saturated rings. The molecule has 2 rings (SSSR count). The van der Waals surface area contributed by atoms with Crippen LogP contribution < -0.4 is 5.73 Å². The van der Waals surface area contributed by atoms with Crippen LogP contribution in [0, 0.1) is 20.8 Å². The fourth-order valence-electron chi connectivity index (χ4n) is 2.88. The minimum atomic E-state index is -0.0783. The van der Waals surface area contributed by atoms with Gasteiger partial charge in [0.1, 0.15) is 11.5 Å². The Kier molecular flexibility index (Phi) is 4.94. The van der Waals surface area contributed by atoms with Crippen molar-refractivity contribution in [1.82, 2.24) is 9.78 Å². The third-order valence-electron chi connectivity index (χ3n) is 4.10. The molecule has 1 atom stereocenters. The highest BCUT2D eigenvalue weighted by Crippen LogP contribution is 2.31. The summed E-state index contributed by atoms with van der Waals surface area (Å²) in [6, 6.07) is -0.0783. The van der Waals surface area contributed by atoms with Gasteiger partial charge in [0, 0.05) is 24.6 Å². The zero-order chi connectivity index (χ0) is 15.7. The second-order valence-electron chi connectivity index (χ2n) is 5.44. The van der Waals surface area contributed by atoms with E-state index >= 15 is 0 Å². The topological polar surface area (TPSA) is 57.0 Å². The molecule has 21 heavy (non-hydrogen) atoms. The molecule has 5 heteroatoms. The Labute approximate surface area is 134 Å². The van der Waals surface area contributed by atoms with Crippen LogP contribution in [0.1, 0.15) is 53.9 Å². The monoisotopic (exact) mass is 353 g/mol. The molecule has 0 radical (unpaired) electrons. The Bertz CT molecular complexity index is 642. The number of nitrogens with zero attached hydrogens (tertiary/aromatic N) is 2. The van der Waals surface area contributed by atoms with E-state index in [-0.39, 0.29) is 6.04 Å². The SMILES string of the molecule is CCc1nn(CC)c(CC(N)c2c(C)oc(C)c2C)c1Br. The van der Waals surface area contributed by atoms with Crippen molar-refractivity contribution in [1.29, 1.82) is 0 Å². The normalized spacial score (nSPS) is 12.9. The molecular weight excluding hydrogens is 330 g/mol. The number of hydrogen-bond acceptors (Lipinski definition) is 3. The minimum absolute atomic E-state index is 0.0783. The van der Waals surface area contributed by atoms with Crippen LogP contribution in [-0.2, 0) is 19.4 Å². The quantitative estimate of drug-likeness (QED) is 0.883. The van der Waals surface area contributed by atoms with Gasteiger partial charge in [-0.3, -0.25) is 4.68 Å². The summed E-state index contributed by atoms with van der Waals surface area (Å²) in [5.41, 5.74) is 11.0. The molecule has 4 nitrogen and oxygen atoms in total. The third kappa shape index (κ3) is 2.94. The summed E-state index contributed by atoms with van der Waals surface area (Å²) < 4.78 is 8.84. The Hall–Kier alpha value is -1.07. The van der Waals surface area contributed by atoms with E-state index in [4.69, 9.17) is 10.2 Å². The molecule has 1 unspecified atom stereocenters. The van der Waals surface area contributed by atoms with Crippen LogP contribution in [0.3, 0.4) is 0 Å². The van der Waals surface area contributed by atoms with Crippen molar-refractivity contribution in [3.63, 3.8) is 0 Å². The molecule has 2 heterocycles. The molecule has 2 aromatic rings. The summed E-state index contributed by atoms with van der Waals surface area (Å²) in [6.45, 7) is 11.1. The van der Waals surface area contributed by atoms with Crippen LogP contribution in [0.2, 0.25) is 0 Å². The molecule has 0 spiro atoms. The highest BCUT2D eigenvalue weighted by atomic mass is 79.9. The van der Waals surface area contributed by atoms with Crippen molar-refractivity contribution in [3.05, 3.63) is 38.5 Å². The molecular formula is C16H24BrN3O. The van der Waals surface area contributed by atoms with Gasteiger partial charge < -0.3 is 10.2 Å². The van der Waals surface area contributed by atoms with Crippen LogP contribution in [0.15, 0.2) is 8.89 Å². The van der Waals surface area contributed by atoms with Gasteiger partial charge in [0.2, 0.25) is 0 Å². The maximum Gasteiger partial charge on any atom is 0.106 e. The van der Waals surface area contributed by atoms with Gasteiger partial charge in [0.05, 0.1) is 15.9 Å². The second-order valence-corrected chi connectivity index (χ2v) is 6.23. The van der Waals surface area contributed by atoms with Crippen molar-refractivity contribution in [2.24, 2.45) is 5.73 Å². The average molecular weight is 354 g/mol. The Balaban J connectivity index is 2.35. The number of furan rings is 1. The summed E-state index contributed by atoms with van der Waals surface area (Å²) in [6.07, 6.45) is 1.67. The fourth-order valence-corrected chi connectivity index (χ4v) is 3.60. The van der Waals surface area contributed by atoms with Gasteiger partial charge in [-0.25, -0.2) is 0 Å². The maximum atomic E-state index is 6.46. The van der Waals surface area contributed by atoms with Crippen LogP contribution in [0.4, 0.5) is 0 Å². The summed E-state index contributed by atoms with van der Waals surface area (Å²) in [7, 11) is 0. The lowest BCUT2D eigenvalue weighted by atomic mass is 9.98. The first-order valence-electron chi connectivity index (χ1n) is 7.46. The van der Waals surface area contributed by atoms with Gasteiger partial charge in [-0.05, 0) is 55.6 Å². The van der Waals surface area contributed by atoms with E-state index in [9.17, 15) is 0 Å². The zero-order valence-electron chi connectivity index (χ0n) is 13.5. The molecule has 0 bridgehead atoms. The van der Waals surface area contributed by atoms with Crippen LogP contribution in [0.5, 0.6) is 0 Å². The van der Waals surface area contributed by atoms with E-state index in [0.717, 1.165) is 52.2 Å². The largest absolute Gasteiger partial charge is 0.466 e. The lowest BCUT2D eigenvalue weighted by Gasteiger charge is -2.14. The molecule has 0 aliphatic rings. The highest BCUT2D eigenvalue weighted by Gasteiger charge is 2.22. The molecule has 0 saturated carbocycles. The van der Waals surface area contributed by atoms with Crippen LogP contribution in [0.25, 0.3) is 0 Å². The van der Waals surface area contributed by atoms with E-state index in [0.29, 0.717) is 0 Å². The Morgan fingerprint density at radius 3 is 2.38 bits per heavy atom. The number of aromatic nitrogens is 2. The summed E-state index contributed by atoms with van der Waals surface area (Å²) in [4.78, 5) is 0. The number of aryl methyl sites for hydroxylation is 4. The minimum Gasteiger partial charge on any atom is -0.466 e.